The molecule has 2 amide bonds. The van der Waals surface area contributed by atoms with Crippen LogP contribution in [0.25, 0.3) is 0 Å². The van der Waals surface area contributed by atoms with Crippen LogP contribution in [0.5, 0.6) is 0 Å². The number of rotatable bonds is 6. The molecule has 0 saturated carbocycles. The third-order valence-corrected chi connectivity index (χ3v) is 5.77. The molecule has 1 N–H and O–H groups in total. The summed E-state index contributed by atoms with van der Waals surface area (Å²) >= 11 is 6.98. The lowest BCUT2D eigenvalue weighted by Crippen LogP contribution is -2.51. The van der Waals surface area contributed by atoms with Gasteiger partial charge in [0.15, 0.2) is 11.6 Å². The van der Waals surface area contributed by atoms with E-state index in [2.05, 4.69) is 10.2 Å². The minimum atomic E-state index is -0.955. The number of thioether (sulfide) groups is 1. The molecule has 0 aromatic heterocycles. The van der Waals surface area contributed by atoms with E-state index in [0.717, 1.165) is 29.6 Å². The average Bonchev–Trinajstić information content (AvgIpc) is 2.73. The lowest BCUT2D eigenvalue weighted by Gasteiger charge is -2.36. The van der Waals surface area contributed by atoms with Crippen LogP contribution >= 0.6 is 23.4 Å². The van der Waals surface area contributed by atoms with E-state index >= 15 is 0 Å². The summed E-state index contributed by atoms with van der Waals surface area (Å²) in [6.07, 6.45) is 0. The summed E-state index contributed by atoms with van der Waals surface area (Å²) in [4.78, 5) is 28.6. The number of amides is 2. The summed E-state index contributed by atoms with van der Waals surface area (Å²) in [6, 6.07) is 11.0. The van der Waals surface area contributed by atoms with E-state index in [0.29, 0.717) is 36.1 Å². The highest BCUT2D eigenvalue weighted by Gasteiger charge is 2.21. The Morgan fingerprint density at radius 1 is 1.00 bits per heavy atom. The Balaban J connectivity index is 1.38. The van der Waals surface area contributed by atoms with E-state index in [1.165, 1.54) is 6.07 Å². The van der Waals surface area contributed by atoms with Crippen LogP contribution in [0.4, 0.5) is 14.5 Å². The predicted octanol–water partition coefficient (Wildman–Crippen LogP) is 3.18. The van der Waals surface area contributed by atoms with Crippen molar-refractivity contribution in [1.29, 1.82) is 0 Å². The van der Waals surface area contributed by atoms with Crippen molar-refractivity contribution < 1.29 is 18.4 Å². The van der Waals surface area contributed by atoms with E-state index in [-0.39, 0.29) is 24.1 Å². The van der Waals surface area contributed by atoms with E-state index in [4.69, 9.17) is 11.6 Å². The van der Waals surface area contributed by atoms with Gasteiger partial charge in [-0.3, -0.25) is 9.59 Å². The van der Waals surface area contributed by atoms with Gasteiger partial charge < -0.3 is 15.1 Å². The zero-order valence-electron chi connectivity index (χ0n) is 15.5. The monoisotopic (exact) mass is 439 g/mol. The van der Waals surface area contributed by atoms with Gasteiger partial charge in [-0.05, 0) is 42.5 Å². The van der Waals surface area contributed by atoms with E-state index in [1.807, 2.05) is 24.3 Å². The molecular weight excluding hydrogens is 420 g/mol. The average molecular weight is 440 g/mol. The quantitative estimate of drug-likeness (QED) is 0.702. The number of halogens is 3. The maximum atomic E-state index is 13.2. The fourth-order valence-corrected chi connectivity index (χ4v) is 3.80. The molecule has 0 unspecified atom stereocenters. The Morgan fingerprint density at radius 2 is 1.69 bits per heavy atom. The Hall–Kier alpha value is -2.32. The molecule has 1 aliphatic rings. The molecule has 0 radical (unpaired) electrons. The Labute approximate surface area is 177 Å². The van der Waals surface area contributed by atoms with Gasteiger partial charge in [-0.2, -0.15) is 0 Å². The van der Waals surface area contributed by atoms with Crippen molar-refractivity contribution in [3.8, 4) is 0 Å². The number of benzene rings is 2. The van der Waals surface area contributed by atoms with Crippen LogP contribution in [0.3, 0.4) is 0 Å². The second-order valence-corrected chi connectivity index (χ2v) is 7.97. The van der Waals surface area contributed by atoms with Gasteiger partial charge in [-0.15, -0.1) is 11.8 Å². The van der Waals surface area contributed by atoms with Crippen LogP contribution in [0, 0.1) is 11.6 Å². The standard InChI is InChI=1S/C20H20ClF2N3O2S/c21-14-1-3-15(4-2-14)25-7-9-26(10-8-25)20(28)12-24-19(27)13-29-16-5-6-17(22)18(23)11-16/h1-6,11H,7-10,12-13H2,(H,24,27). The van der Waals surface area contributed by atoms with Gasteiger partial charge in [0, 0.05) is 41.8 Å². The lowest BCUT2D eigenvalue weighted by atomic mass is 10.2. The van der Waals surface area contributed by atoms with Crippen LogP contribution in [-0.4, -0.2) is 55.2 Å². The molecule has 9 heteroatoms. The molecule has 0 spiro atoms. The maximum absolute atomic E-state index is 13.2. The van der Waals surface area contributed by atoms with Crippen LogP contribution < -0.4 is 10.2 Å². The number of carbonyl (C=O) groups excluding carboxylic acids is 2. The SMILES string of the molecule is O=C(CSc1ccc(F)c(F)c1)NCC(=O)N1CCN(c2ccc(Cl)cc2)CC1. The summed E-state index contributed by atoms with van der Waals surface area (Å²) < 4.78 is 26.1. The van der Waals surface area contributed by atoms with Gasteiger partial charge in [0.25, 0.3) is 0 Å². The maximum Gasteiger partial charge on any atom is 0.242 e. The molecule has 1 saturated heterocycles. The first-order valence-electron chi connectivity index (χ1n) is 9.05. The number of piperazine rings is 1. The predicted molar refractivity (Wildman–Crippen MR) is 110 cm³/mol. The largest absolute Gasteiger partial charge is 0.368 e. The van der Waals surface area contributed by atoms with Crippen LogP contribution in [0.1, 0.15) is 0 Å². The molecule has 1 heterocycles. The highest BCUT2D eigenvalue weighted by molar-refractivity contribution is 8.00. The van der Waals surface area contributed by atoms with Crippen molar-refractivity contribution in [1.82, 2.24) is 10.2 Å². The normalized spacial score (nSPS) is 14.0. The number of nitrogens with one attached hydrogen (secondary N) is 1. The van der Waals surface area contributed by atoms with E-state index in [9.17, 15) is 18.4 Å². The number of hydrogen-bond acceptors (Lipinski definition) is 4. The van der Waals surface area contributed by atoms with Crippen LogP contribution in [0.15, 0.2) is 47.4 Å². The Morgan fingerprint density at radius 3 is 2.34 bits per heavy atom. The van der Waals surface area contributed by atoms with Gasteiger partial charge in [0.1, 0.15) is 0 Å². The molecule has 3 rings (SSSR count). The topological polar surface area (TPSA) is 52.7 Å². The summed E-state index contributed by atoms with van der Waals surface area (Å²) in [5, 5.41) is 3.26. The minimum absolute atomic E-state index is 0.0166. The summed E-state index contributed by atoms with van der Waals surface area (Å²) in [5.74, 6) is -2.36. The van der Waals surface area contributed by atoms with Gasteiger partial charge in [0.05, 0.1) is 12.3 Å². The Bertz CT molecular complexity index is 875. The number of carbonyl (C=O) groups is 2. The summed E-state index contributed by atoms with van der Waals surface area (Å²) in [7, 11) is 0. The van der Waals surface area contributed by atoms with Crippen LogP contribution in [0.2, 0.25) is 5.02 Å². The first kappa shape index (κ1) is 21.4. The van der Waals surface area contributed by atoms with Gasteiger partial charge in [-0.25, -0.2) is 8.78 Å². The van der Waals surface area contributed by atoms with Crippen molar-refractivity contribution in [2.45, 2.75) is 4.90 Å². The van der Waals surface area contributed by atoms with Crippen LogP contribution in [-0.2, 0) is 9.59 Å². The highest BCUT2D eigenvalue weighted by atomic mass is 35.5. The minimum Gasteiger partial charge on any atom is -0.368 e. The third-order valence-electron chi connectivity index (χ3n) is 4.52. The number of hydrogen-bond donors (Lipinski definition) is 1. The molecule has 1 fully saturated rings. The Kier molecular flexibility index (Phi) is 7.33. The lowest BCUT2D eigenvalue weighted by molar-refractivity contribution is -0.132. The second kappa shape index (κ2) is 9.93. The molecule has 5 nitrogen and oxygen atoms in total. The molecule has 0 bridgehead atoms. The first-order chi connectivity index (χ1) is 13.9. The molecule has 2 aromatic rings. The van der Waals surface area contributed by atoms with Gasteiger partial charge in [-0.1, -0.05) is 11.6 Å². The second-order valence-electron chi connectivity index (χ2n) is 6.49. The third kappa shape index (κ3) is 6.08. The zero-order chi connectivity index (χ0) is 20.8. The van der Waals surface area contributed by atoms with Crippen molar-refractivity contribution in [3.05, 3.63) is 59.1 Å². The molecule has 29 heavy (non-hydrogen) atoms. The fourth-order valence-electron chi connectivity index (χ4n) is 2.92. The van der Waals surface area contributed by atoms with Gasteiger partial charge in [0.2, 0.25) is 11.8 Å². The number of nitrogens with zero attached hydrogens (tertiary/aromatic N) is 2. The molecular formula is C20H20ClF2N3O2S. The van der Waals surface area contributed by atoms with Gasteiger partial charge >= 0.3 is 0 Å². The highest BCUT2D eigenvalue weighted by Crippen LogP contribution is 2.21. The fraction of sp³-hybridized carbons (Fsp3) is 0.300. The van der Waals surface area contributed by atoms with E-state index < -0.39 is 11.6 Å². The summed E-state index contributed by atoms with van der Waals surface area (Å²) in [5.41, 5.74) is 1.06. The molecule has 0 aliphatic carbocycles. The van der Waals surface area contributed by atoms with E-state index in [1.54, 1.807) is 4.90 Å². The van der Waals surface area contributed by atoms with Crippen molar-refractivity contribution in [2.75, 3.05) is 43.4 Å². The van der Waals surface area contributed by atoms with Crippen molar-refractivity contribution >= 4 is 40.9 Å². The number of anilines is 1. The van der Waals surface area contributed by atoms with Crippen molar-refractivity contribution in [2.24, 2.45) is 0 Å². The smallest absolute Gasteiger partial charge is 0.242 e. The molecule has 154 valence electrons. The summed E-state index contributed by atoms with van der Waals surface area (Å²) in [6.45, 7) is 2.46. The molecule has 1 aliphatic heterocycles. The molecule has 2 aromatic carbocycles. The van der Waals surface area contributed by atoms with Crippen molar-refractivity contribution in [3.63, 3.8) is 0 Å². The first-order valence-corrected chi connectivity index (χ1v) is 10.4. The molecule has 0 atom stereocenters. The zero-order valence-corrected chi connectivity index (χ0v) is 17.1.